The molecule has 25 heavy (non-hydrogen) atoms. The minimum atomic E-state index is -0.000898. The van der Waals surface area contributed by atoms with Crippen LogP contribution in [0.4, 0.5) is 5.69 Å². The second-order valence-electron chi connectivity index (χ2n) is 5.77. The summed E-state index contributed by atoms with van der Waals surface area (Å²) in [4.78, 5) is 17.8. The maximum Gasteiger partial charge on any atom is 0.229 e. The SMILES string of the molecule is O=C(Cc1cccs1)Nc1ccc(-c2ccc3ccccc3n2)cc1. The van der Waals surface area contributed by atoms with Crippen molar-refractivity contribution in [2.75, 3.05) is 5.32 Å². The molecule has 1 N–H and O–H groups in total. The van der Waals surface area contributed by atoms with Crippen LogP contribution in [0.25, 0.3) is 22.2 Å². The molecule has 0 aliphatic heterocycles. The molecule has 4 heteroatoms. The first-order chi connectivity index (χ1) is 12.3. The van der Waals surface area contributed by atoms with Crippen molar-refractivity contribution in [3.63, 3.8) is 0 Å². The first kappa shape index (κ1) is 15.5. The monoisotopic (exact) mass is 344 g/mol. The van der Waals surface area contributed by atoms with E-state index in [1.165, 1.54) is 0 Å². The molecule has 1 amide bonds. The fourth-order valence-corrected chi connectivity index (χ4v) is 3.43. The molecule has 0 saturated heterocycles. The third-order valence-corrected chi connectivity index (χ3v) is 4.85. The fraction of sp³-hybridized carbons (Fsp3) is 0.0476. The molecule has 0 spiro atoms. The lowest BCUT2D eigenvalue weighted by molar-refractivity contribution is -0.115. The Kier molecular flexibility index (Phi) is 4.27. The highest BCUT2D eigenvalue weighted by Gasteiger charge is 2.06. The number of hydrogen-bond donors (Lipinski definition) is 1. The summed E-state index contributed by atoms with van der Waals surface area (Å²) in [7, 11) is 0. The van der Waals surface area contributed by atoms with Gasteiger partial charge in [0.15, 0.2) is 0 Å². The number of aromatic nitrogens is 1. The standard InChI is InChI=1S/C21H16N2OS/c24-21(14-18-5-3-13-25-18)22-17-10-7-16(8-11-17)20-12-9-15-4-1-2-6-19(15)23-20/h1-13H,14H2,(H,22,24). The van der Waals surface area contributed by atoms with Gasteiger partial charge in [-0.2, -0.15) is 0 Å². The topological polar surface area (TPSA) is 42.0 Å². The van der Waals surface area contributed by atoms with E-state index in [1.54, 1.807) is 11.3 Å². The van der Waals surface area contributed by atoms with E-state index in [0.717, 1.165) is 32.7 Å². The molecule has 0 aliphatic carbocycles. The summed E-state index contributed by atoms with van der Waals surface area (Å²) in [5.41, 5.74) is 3.73. The number of amides is 1. The van der Waals surface area contributed by atoms with Crippen LogP contribution < -0.4 is 5.32 Å². The maximum absolute atomic E-state index is 12.1. The Balaban J connectivity index is 1.50. The van der Waals surface area contributed by atoms with Crippen LogP contribution in [0.2, 0.25) is 0 Å². The molecule has 0 fully saturated rings. The van der Waals surface area contributed by atoms with Crippen molar-refractivity contribution in [3.05, 3.63) is 83.1 Å². The molecule has 122 valence electrons. The second kappa shape index (κ2) is 6.87. The lowest BCUT2D eigenvalue weighted by atomic mass is 10.1. The number of anilines is 1. The van der Waals surface area contributed by atoms with Crippen LogP contribution in [0.15, 0.2) is 78.2 Å². The van der Waals surface area contributed by atoms with Gasteiger partial charge in [0.2, 0.25) is 5.91 Å². The summed E-state index contributed by atoms with van der Waals surface area (Å²) >= 11 is 1.59. The normalized spacial score (nSPS) is 10.7. The van der Waals surface area contributed by atoms with E-state index >= 15 is 0 Å². The van der Waals surface area contributed by atoms with Gasteiger partial charge in [0.05, 0.1) is 17.6 Å². The van der Waals surface area contributed by atoms with Gasteiger partial charge in [-0.25, -0.2) is 4.98 Å². The molecule has 4 aromatic rings. The van der Waals surface area contributed by atoms with Crippen molar-refractivity contribution in [1.29, 1.82) is 0 Å². The fourth-order valence-electron chi connectivity index (χ4n) is 2.73. The van der Waals surface area contributed by atoms with Gasteiger partial charge < -0.3 is 5.32 Å². The molecule has 4 rings (SSSR count). The zero-order valence-electron chi connectivity index (χ0n) is 13.5. The minimum Gasteiger partial charge on any atom is -0.326 e. The van der Waals surface area contributed by atoms with Crippen LogP contribution >= 0.6 is 11.3 Å². The lowest BCUT2D eigenvalue weighted by Crippen LogP contribution is -2.13. The highest BCUT2D eigenvalue weighted by atomic mass is 32.1. The van der Waals surface area contributed by atoms with Gasteiger partial charge in [0.25, 0.3) is 0 Å². The number of fused-ring (bicyclic) bond motifs is 1. The first-order valence-corrected chi connectivity index (χ1v) is 8.94. The average Bonchev–Trinajstić information content (AvgIpc) is 3.15. The van der Waals surface area contributed by atoms with Crippen molar-refractivity contribution in [3.8, 4) is 11.3 Å². The summed E-state index contributed by atoms with van der Waals surface area (Å²) in [6, 6.07) is 23.9. The van der Waals surface area contributed by atoms with E-state index in [9.17, 15) is 4.79 Å². The number of carbonyl (C=O) groups excluding carboxylic acids is 1. The van der Waals surface area contributed by atoms with Gasteiger partial charge in [-0.3, -0.25) is 4.79 Å². The van der Waals surface area contributed by atoms with Crippen LogP contribution in [-0.4, -0.2) is 10.9 Å². The van der Waals surface area contributed by atoms with Gasteiger partial charge in [-0.15, -0.1) is 11.3 Å². The Bertz CT molecular complexity index is 1010. The Morgan fingerprint density at radius 2 is 1.76 bits per heavy atom. The van der Waals surface area contributed by atoms with Crippen LogP contribution in [0.5, 0.6) is 0 Å². The average molecular weight is 344 g/mol. The predicted octanol–water partition coefficient (Wildman–Crippen LogP) is 5.14. The molecule has 0 saturated carbocycles. The van der Waals surface area contributed by atoms with Gasteiger partial charge in [0.1, 0.15) is 0 Å². The number of rotatable bonds is 4. The number of para-hydroxylation sites is 1. The second-order valence-corrected chi connectivity index (χ2v) is 6.80. The third-order valence-electron chi connectivity index (χ3n) is 3.98. The summed E-state index contributed by atoms with van der Waals surface area (Å²) < 4.78 is 0. The van der Waals surface area contributed by atoms with Crippen molar-refractivity contribution >= 4 is 33.8 Å². The molecular formula is C21H16N2OS. The Morgan fingerprint density at radius 3 is 2.56 bits per heavy atom. The zero-order valence-corrected chi connectivity index (χ0v) is 14.3. The summed E-state index contributed by atoms with van der Waals surface area (Å²) in [6.07, 6.45) is 0.408. The van der Waals surface area contributed by atoms with Crippen LogP contribution in [0.3, 0.4) is 0 Å². The van der Waals surface area contributed by atoms with Crippen molar-refractivity contribution in [2.24, 2.45) is 0 Å². The number of nitrogens with zero attached hydrogens (tertiary/aromatic N) is 1. The minimum absolute atomic E-state index is 0.000898. The number of benzene rings is 2. The van der Waals surface area contributed by atoms with Gasteiger partial charge in [0, 0.05) is 21.5 Å². The van der Waals surface area contributed by atoms with Crippen molar-refractivity contribution in [2.45, 2.75) is 6.42 Å². The molecule has 0 unspecified atom stereocenters. The molecule has 0 atom stereocenters. The van der Waals surface area contributed by atoms with Crippen molar-refractivity contribution in [1.82, 2.24) is 4.98 Å². The molecule has 2 aromatic heterocycles. The van der Waals surface area contributed by atoms with E-state index in [-0.39, 0.29) is 5.91 Å². The van der Waals surface area contributed by atoms with Crippen LogP contribution in [0, 0.1) is 0 Å². The quantitative estimate of drug-likeness (QED) is 0.557. The Labute approximate surface area is 150 Å². The lowest BCUT2D eigenvalue weighted by Gasteiger charge is -2.07. The first-order valence-electron chi connectivity index (χ1n) is 8.06. The molecule has 0 aliphatic rings. The largest absolute Gasteiger partial charge is 0.326 e. The van der Waals surface area contributed by atoms with Gasteiger partial charge in [-0.1, -0.05) is 42.5 Å². The summed E-state index contributed by atoms with van der Waals surface area (Å²) in [5.74, 6) is -0.000898. The predicted molar refractivity (Wildman–Crippen MR) is 104 cm³/mol. The molecular weight excluding hydrogens is 328 g/mol. The van der Waals surface area contributed by atoms with E-state index in [1.807, 2.05) is 66.0 Å². The molecule has 0 bridgehead atoms. The van der Waals surface area contributed by atoms with E-state index in [4.69, 9.17) is 4.98 Å². The van der Waals surface area contributed by atoms with E-state index < -0.39 is 0 Å². The van der Waals surface area contributed by atoms with Gasteiger partial charge in [-0.05, 0) is 35.7 Å². The number of carbonyl (C=O) groups is 1. The number of nitrogens with one attached hydrogen (secondary N) is 1. The smallest absolute Gasteiger partial charge is 0.229 e. The Morgan fingerprint density at radius 1 is 0.920 bits per heavy atom. The van der Waals surface area contributed by atoms with Gasteiger partial charge >= 0.3 is 0 Å². The van der Waals surface area contributed by atoms with Crippen LogP contribution in [-0.2, 0) is 11.2 Å². The number of thiophene rings is 1. The van der Waals surface area contributed by atoms with E-state index in [0.29, 0.717) is 6.42 Å². The Hall–Kier alpha value is -2.98. The zero-order chi connectivity index (χ0) is 17.1. The maximum atomic E-state index is 12.1. The number of pyridine rings is 1. The molecule has 3 nitrogen and oxygen atoms in total. The third kappa shape index (κ3) is 3.59. The van der Waals surface area contributed by atoms with E-state index in [2.05, 4.69) is 17.4 Å². The highest BCUT2D eigenvalue weighted by Crippen LogP contribution is 2.22. The molecule has 2 aromatic carbocycles. The highest BCUT2D eigenvalue weighted by molar-refractivity contribution is 7.10. The summed E-state index contributed by atoms with van der Waals surface area (Å²) in [5, 5.41) is 6.04. The summed E-state index contributed by atoms with van der Waals surface area (Å²) in [6.45, 7) is 0. The van der Waals surface area contributed by atoms with Crippen molar-refractivity contribution < 1.29 is 4.79 Å². The van der Waals surface area contributed by atoms with Crippen LogP contribution in [0.1, 0.15) is 4.88 Å². The molecule has 2 heterocycles. The number of hydrogen-bond acceptors (Lipinski definition) is 3. The molecule has 0 radical (unpaired) electrons.